The first-order chi connectivity index (χ1) is 16.0. The van der Waals surface area contributed by atoms with E-state index in [0.29, 0.717) is 11.4 Å². The maximum Gasteiger partial charge on any atom is 0.326 e. The number of carboxylic acid groups (broad SMARTS) is 2. The van der Waals surface area contributed by atoms with E-state index in [1.54, 1.807) is 0 Å². The summed E-state index contributed by atoms with van der Waals surface area (Å²) in [6.45, 7) is 0.184. The lowest BCUT2D eigenvalue weighted by Crippen LogP contribution is -2.41. The van der Waals surface area contributed by atoms with Crippen LogP contribution in [0.2, 0.25) is 0 Å². The lowest BCUT2D eigenvalue weighted by Gasteiger charge is -2.14. The number of aromatic amines is 1. The molecular formula is C19H19N7O6. The van der Waals surface area contributed by atoms with Crippen LogP contribution >= 0.6 is 0 Å². The number of carbonyl (C=O) groups is 3. The fraction of sp³-hybridized carbons (Fsp3) is 0.211. The van der Waals surface area contributed by atoms with Gasteiger partial charge in [-0.1, -0.05) is 0 Å². The molecule has 3 aromatic rings. The highest BCUT2D eigenvalue weighted by atomic mass is 16.4. The van der Waals surface area contributed by atoms with E-state index in [1.807, 2.05) is 0 Å². The quantitative estimate of drug-likeness (QED) is 0.258. The maximum atomic E-state index is 12.4. The number of nitrogens with zero attached hydrogens (tertiary/aromatic N) is 3. The molecule has 0 bridgehead atoms. The van der Waals surface area contributed by atoms with Crippen LogP contribution in [0, 0.1) is 0 Å². The van der Waals surface area contributed by atoms with Gasteiger partial charge in [0.15, 0.2) is 11.2 Å². The lowest BCUT2D eigenvalue weighted by atomic mass is 10.1. The first-order valence-electron chi connectivity index (χ1n) is 10.1. The number of fused-ring (bicyclic) bond motifs is 1. The zero-order chi connectivity index (χ0) is 25.0. The number of hydrogen-bond acceptors (Lipinski definition) is 9. The van der Waals surface area contributed by atoms with Crippen molar-refractivity contribution in [3.8, 4) is 0 Å². The minimum Gasteiger partial charge on any atom is -0.481 e. The normalized spacial score (nSPS) is 13.0. The molecule has 0 aliphatic carbocycles. The number of carbonyl (C=O) groups excluding carboxylic acids is 1. The van der Waals surface area contributed by atoms with Gasteiger partial charge in [-0.15, -0.1) is 0 Å². The Bertz CT molecular complexity index is 1310. The summed E-state index contributed by atoms with van der Waals surface area (Å²) in [5, 5.41) is 23.2. The fourth-order valence-corrected chi connectivity index (χ4v) is 2.62. The Kier molecular flexibility index (Phi) is 5.77. The van der Waals surface area contributed by atoms with E-state index in [4.69, 9.17) is 13.6 Å². The molecule has 13 heteroatoms. The van der Waals surface area contributed by atoms with Crippen molar-refractivity contribution in [2.75, 3.05) is 11.1 Å². The monoisotopic (exact) mass is 443 g/mol. The molecule has 0 radical (unpaired) electrons. The summed E-state index contributed by atoms with van der Waals surface area (Å²) in [6.07, 6.45) is -2.35. The molecule has 1 amide bonds. The lowest BCUT2D eigenvalue weighted by molar-refractivity contribution is -0.140. The van der Waals surface area contributed by atoms with Gasteiger partial charge in [0.2, 0.25) is 5.95 Å². The number of nitrogen functional groups attached to an aromatic ring is 1. The molecule has 3 rings (SSSR count). The van der Waals surface area contributed by atoms with E-state index in [2.05, 4.69) is 30.6 Å². The third-order valence-electron chi connectivity index (χ3n) is 4.17. The van der Waals surface area contributed by atoms with Crippen molar-refractivity contribution in [2.24, 2.45) is 0 Å². The summed E-state index contributed by atoms with van der Waals surface area (Å²) in [6, 6.07) is 4.11. The van der Waals surface area contributed by atoms with Crippen LogP contribution in [0.25, 0.3) is 11.2 Å². The third kappa shape index (κ3) is 5.53. The van der Waals surface area contributed by atoms with Crippen molar-refractivity contribution < 1.29 is 27.3 Å². The smallest absolute Gasteiger partial charge is 0.326 e. The minimum absolute atomic E-state index is 0.0285. The molecule has 7 N–H and O–H groups in total. The molecule has 166 valence electrons. The first-order valence-corrected chi connectivity index (χ1v) is 9.08. The van der Waals surface area contributed by atoms with Crippen LogP contribution in [-0.4, -0.2) is 54.0 Å². The molecule has 2 aromatic heterocycles. The Balaban J connectivity index is 1.64. The van der Waals surface area contributed by atoms with Crippen molar-refractivity contribution in [3.63, 3.8) is 0 Å². The average molecular weight is 443 g/mol. The van der Waals surface area contributed by atoms with E-state index in [0.717, 1.165) is 0 Å². The van der Waals surface area contributed by atoms with Gasteiger partial charge in [0.05, 0.1) is 18.4 Å². The molecule has 32 heavy (non-hydrogen) atoms. The summed E-state index contributed by atoms with van der Waals surface area (Å²) in [4.78, 5) is 61.0. The average Bonchev–Trinajstić information content (AvgIpc) is 2.77. The number of carboxylic acids is 2. The fourth-order valence-electron chi connectivity index (χ4n) is 2.62. The molecule has 0 fully saturated rings. The summed E-state index contributed by atoms with van der Waals surface area (Å²) < 4.78 is 14.7. The van der Waals surface area contributed by atoms with Crippen molar-refractivity contribution in [3.05, 3.63) is 52.1 Å². The number of nitrogens with one attached hydrogen (secondary N) is 3. The predicted octanol–water partition coefficient (Wildman–Crippen LogP) is -0.0448. The van der Waals surface area contributed by atoms with Gasteiger partial charge in [0.1, 0.15) is 6.04 Å². The first kappa shape index (κ1) is 19.4. The summed E-state index contributed by atoms with van der Waals surface area (Å²) in [5.74, 6) is -4.28. The van der Waals surface area contributed by atoms with Gasteiger partial charge in [-0.25, -0.2) is 14.8 Å². The Morgan fingerprint density at radius 2 is 1.91 bits per heavy atom. The number of benzene rings is 1. The number of nitrogens with two attached hydrogens (primary N) is 1. The number of aromatic nitrogens is 4. The Morgan fingerprint density at radius 3 is 2.56 bits per heavy atom. The topological polar surface area (TPSA) is 213 Å². The van der Waals surface area contributed by atoms with E-state index in [9.17, 15) is 24.3 Å². The Hall–Kier alpha value is -4.55. The van der Waals surface area contributed by atoms with Crippen LogP contribution in [-0.2, 0) is 16.1 Å². The van der Waals surface area contributed by atoms with Gasteiger partial charge >= 0.3 is 11.9 Å². The van der Waals surface area contributed by atoms with Crippen molar-refractivity contribution >= 4 is 40.6 Å². The summed E-state index contributed by atoms with van der Waals surface area (Å²) in [7, 11) is 0. The minimum atomic E-state index is -2.83. The molecular weight excluding hydrogens is 422 g/mol. The molecule has 1 atom stereocenters. The number of amides is 1. The van der Waals surface area contributed by atoms with Crippen LogP contribution in [0.15, 0.2) is 35.3 Å². The van der Waals surface area contributed by atoms with Gasteiger partial charge < -0.3 is 26.6 Å². The van der Waals surface area contributed by atoms with Gasteiger partial charge in [0.25, 0.3) is 11.5 Å². The number of H-pyrrole nitrogens is 1. The predicted molar refractivity (Wildman–Crippen MR) is 112 cm³/mol. The number of rotatable bonds is 9. The summed E-state index contributed by atoms with van der Waals surface area (Å²) >= 11 is 0. The highest BCUT2D eigenvalue weighted by Gasteiger charge is 2.21. The number of aliphatic carboxylic acids is 2. The Morgan fingerprint density at radius 1 is 1.19 bits per heavy atom. The van der Waals surface area contributed by atoms with Gasteiger partial charge in [0, 0.05) is 20.4 Å². The largest absolute Gasteiger partial charge is 0.481 e. The molecule has 0 spiro atoms. The van der Waals surface area contributed by atoms with E-state index < -0.39 is 42.2 Å². The molecule has 0 aliphatic rings. The Labute approximate surface area is 182 Å². The maximum absolute atomic E-state index is 12.4. The van der Waals surface area contributed by atoms with Crippen LogP contribution in [0.4, 0.5) is 11.6 Å². The molecule has 0 aliphatic heterocycles. The number of anilines is 2. The van der Waals surface area contributed by atoms with Crippen LogP contribution in [0.3, 0.4) is 0 Å². The highest BCUT2D eigenvalue weighted by Crippen LogP contribution is 2.12. The van der Waals surface area contributed by atoms with Gasteiger partial charge in [-0.2, -0.15) is 4.98 Å². The molecule has 2 heterocycles. The van der Waals surface area contributed by atoms with Crippen molar-refractivity contribution in [2.45, 2.75) is 25.4 Å². The van der Waals surface area contributed by atoms with E-state index >= 15 is 0 Å². The molecule has 1 aromatic carbocycles. The number of hydrogen-bond donors (Lipinski definition) is 6. The molecule has 1 unspecified atom stereocenters. The van der Waals surface area contributed by atoms with Gasteiger partial charge in [-0.05, 0) is 30.7 Å². The van der Waals surface area contributed by atoms with E-state index in [1.165, 1.54) is 30.5 Å². The highest BCUT2D eigenvalue weighted by molar-refractivity contribution is 5.96. The zero-order valence-electron chi connectivity index (χ0n) is 18.3. The standard InChI is InChI=1S/C19H19N7O6/c20-19-25-15-14(17(30)26-19)23-11(8-22-15)7-21-10-3-1-9(2-4-10)16(29)24-12(18(31)32)5-6-13(27)28/h1-4,8,12,21H,5-7H2,(H,24,29)(H,27,28)(H,31,32)(H3,20,22,25,26,30)/i6D2. The second-order valence-electron chi connectivity index (χ2n) is 6.47. The molecule has 0 saturated heterocycles. The zero-order valence-corrected chi connectivity index (χ0v) is 16.3. The van der Waals surface area contributed by atoms with Gasteiger partial charge in [-0.3, -0.25) is 19.4 Å². The van der Waals surface area contributed by atoms with Crippen LogP contribution < -0.4 is 21.9 Å². The van der Waals surface area contributed by atoms with Crippen LogP contribution in [0.1, 0.15) is 31.6 Å². The van der Waals surface area contributed by atoms with Crippen LogP contribution in [0.5, 0.6) is 0 Å². The molecule has 0 saturated carbocycles. The summed E-state index contributed by atoms with van der Waals surface area (Å²) in [5.41, 5.74) is 6.16. The second kappa shape index (κ2) is 9.51. The SMILES string of the molecule is [2H]C([2H])(CC(NC(=O)c1ccc(NCc2cnc3nc(N)[nH]c(=O)c3n2)cc1)C(=O)O)C(=O)O. The van der Waals surface area contributed by atoms with Crippen molar-refractivity contribution in [1.82, 2.24) is 25.3 Å². The third-order valence-corrected chi connectivity index (χ3v) is 4.17. The second-order valence-corrected chi connectivity index (χ2v) is 6.47. The van der Waals surface area contributed by atoms with E-state index in [-0.39, 0.29) is 29.2 Å². The van der Waals surface area contributed by atoms with Crippen molar-refractivity contribution in [1.29, 1.82) is 0 Å². The molecule has 13 nitrogen and oxygen atoms in total.